The summed E-state index contributed by atoms with van der Waals surface area (Å²) in [7, 11) is 0. The van der Waals surface area contributed by atoms with E-state index < -0.39 is 6.10 Å². The summed E-state index contributed by atoms with van der Waals surface area (Å²) in [6, 6.07) is 17.4. The molecule has 2 aromatic carbocycles. The summed E-state index contributed by atoms with van der Waals surface area (Å²) in [6.45, 7) is 4.76. The predicted molar refractivity (Wildman–Crippen MR) is 95.5 cm³/mol. The average Bonchev–Trinajstić information content (AvgIpc) is 2.61. The zero-order valence-electron chi connectivity index (χ0n) is 14.3. The lowest BCUT2D eigenvalue weighted by atomic mass is 10.1. The van der Waals surface area contributed by atoms with E-state index in [0.29, 0.717) is 18.9 Å². The van der Waals surface area contributed by atoms with Crippen LogP contribution in [0.2, 0.25) is 0 Å². The van der Waals surface area contributed by atoms with Gasteiger partial charge in [-0.3, -0.25) is 4.79 Å². The Labute approximate surface area is 143 Å². The van der Waals surface area contributed by atoms with Crippen LogP contribution >= 0.6 is 0 Å². The molecule has 0 saturated carbocycles. The van der Waals surface area contributed by atoms with Gasteiger partial charge in [-0.15, -0.1) is 0 Å². The highest BCUT2D eigenvalue weighted by molar-refractivity contribution is 5.80. The van der Waals surface area contributed by atoms with Gasteiger partial charge in [0, 0.05) is 0 Å². The number of aryl methyl sites for hydroxylation is 1. The summed E-state index contributed by atoms with van der Waals surface area (Å²) >= 11 is 0. The number of para-hydroxylation sites is 1. The van der Waals surface area contributed by atoms with E-state index in [1.165, 1.54) is 5.56 Å². The first-order chi connectivity index (χ1) is 11.7. The van der Waals surface area contributed by atoms with Crippen LogP contribution in [0.15, 0.2) is 54.6 Å². The molecular weight excluding hydrogens is 302 g/mol. The molecule has 2 aromatic rings. The zero-order valence-corrected chi connectivity index (χ0v) is 14.3. The van der Waals surface area contributed by atoms with E-state index in [1.807, 2.05) is 42.5 Å². The number of amides is 1. The standard InChI is InChI=1S/C20H25NO3/c1-3-7-17-10-12-18(13-11-17)23-15-14-21-20(22)16(2)24-19-8-5-4-6-9-19/h4-6,8-13,16H,3,7,14-15H2,1-2H3,(H,21,22). The molecule has 128 valence electrons. The summed E-state index contributed by atoms with van der Waals surface area (Å²) in [4.78, 5) is 12.0. The molecule has 4 heteroatoms. The third-order valence-electron chi connectivity index (χ3n) is 3.56. The maximum atomic E-state index is 12.0. The monoisotopic (exact) mass is 327 g/mol. The van der Waals surface area contributed by atoms with Crippen LogP contribution in [0.1, 0.15) is 25.8 Å². The minimum atomic E-state index is -0.541. The second kappa shape index (κ2) is 9.60. The second-order valence-electron chi connectivity index (χ2n) is 5.61. The van der Waals surface area contributed by atoms with Gasteiger partial charge in [-0.1, -0.05) is 43.7 Å². The third-order valence-corrected chi connectivity index (χ3v) is 3.56. The van der Waals surface area contributed by atoms with E-state index in [9.17, 15) is 4.79 Å². The fourth-order valence-electron chi connectivity index (χ4n) is 2.28. The number of rotatable bonds is 9. The summed E-state index contributed by atoms with van der Waals surface area (Å²) < 4.78 is 11.2. The number of ether oxygens (including phenoxy) is 2. The highest BCUT2D eigenvalue weighted by Crippen LogP contribution is 2.13. The van der Waals surface area contributed by atoms with Crippen molar-refractivity contribution >= 4 is 5.91 Å². The van der Waals surface area contributed by atoms with Crippen molar-refractivity contribution in [2.75, 3.05) is 13.2 Å². The normalized spacial score (nSPS) is 11.6. The van der Waals surface area contributed by atoms with Crippen LogP contribution in [-0.2, 0) is 11.2 Å². The van der Waals surface area contributed by atoms with Crippen molar-refractivity contribution in [1.82, 2.24) is 5.32 Å². The predicted octanol–water partition coefficient (Wildman–Crippen LogP) is 3.60. The number of carbonyl (C=O) groups excluding carboxylic acids is 1. The number of hydrogen-bond donors (Lipinski definition) is 1. The SMILES string of the molecule is CCCc1ccc(OCCNC(=O)C(C)Oc2ccccc2)cc1. The molecule has 24 heavy (non-hydrogen) atoms. The lowest BCUT2D eigenvalue weighted by Gasteiger charge is -2.15. The van der Waals surface area contributed by atoms with E-state index in [2.05, 4.69) is 24.4 Å². The topological polar surface area (TPSA) is 47.6 Å². The van der Waals surface area contributed by atoms with Crippen LogP contribution in [0, 0.1) is 0 Å². The van der Waals surface area contributed by atoms with Gasteiger partial charge in [-0.25, -0.2) is 0 Å². The molecule has 0 aliphatic rings. The second-order valence-corrected chi connectivity index (χ2v) is 5.61. The molecule has 1 unspecified atom stereocenters. The molecule has 1 N–H and O–H groups in total. The molecule has 4 nitrogen and oxygen atoms in total. The maximum Gasteiger partial charge on any atom is 0.260 e. The molecule has 2 rings (SSSR count). The van der Waals surface area contributed by atoms with Gasteiger partial charge in [0.25, 0.3) is 5.91 Å². The van der Waals surface area contributed by atoms with Crippen molar-refractivity contribution in [3.8, 4) is 11.5 Å². The largest absolute Gasteiger partial charge is 0.492 e. The first kappa shape index (κ1) is 17.9. The molecule has 0 aliphatic heterocycles. The van der Waals surface area contributed by atoms with Crippen LogP contribution in [0.3, 0.4) is 0 Å². The van der Waals surface area contributed by atoms with Crippen LogP contribution in [0.25, 0.3) is 0 Å². The Bertz CT molecular complexity index is 611. The van der Waals surface area contributed by atoms with E-state index in [1.54, 1.807) is 6.92 Å². The average molecular weight is 327 g/mol. The molecular formula is C20H25NO3. The van der Waals surface area contributed by atoms with E-state index in [0.717, 1.165) is 18.6 Å². The third kappa shape index (κ3) is 5.95. The van der Waals surface area contributed by atoms with E-state index in [-0.39, 0.29) is 5.91 Å². The van der Waals surface area contributed by atoms with Gasteiger partial charge in [0.15, 0.2) is 6.10 Å². The van der Waals surface area contributed by atoms with Crippen molar-refractivity contribution in [3.63, 3.8) is 0 Å². The number of hydrogen-bond acceptors (Lipinski definition) is 3. The Morgan fingerprint density at radius 2 is 1.75 bits per heavy atom. The van der Waals surface area contributed by atoms with Crippen LogP contribution < -0.4 is 14.8 Å². The molecule has 0 aliphatic carbocycles. The van der Waals surface area contributed by atoms with Crippen molar-refractivity contribution < 1.29 is 14.3 Å². The van der Waals surface area contributed by atoms with Crippen LogP contribution in [0.4, 0.5) is 0 Å². The van der Waals surface area contributed by atoms with Gasteiger partial charge < -0.3 is 14.8 Å². The number of nitrogens with one attached hydrogen (secondary N) is 1. The highest BCUT2D eigenvalue weighted by atomic mass is 16.5. The fourth-order valence-corrected chi connectivity index (χ4v) is 2.28. The van der Waals surface area contributed by atoms with Crippen LogP contribution in [0.5, 0.6) is 11.5 Å². The Hall–Kier alpha value is -2.49. The molecule has 0 saturated heterocycles. The molecule has 0 heterocycles. The lowest BCUT2D eigenvalue weighted by molar-refractivity contribution is -0.127. The molecule has 0 radical (unpaired) electrons. The smallest absolute Gasteiger partial charge is 0.260 e. The number of carbonyl (C=O) groups is 1. The Morgan fingerprint density at radius 1 is 1.04 bits per heavy atom. The van der Waals surface area contributed by atoms with E-state index in [4.69, 9.17) is 9.47 Å². The molecule has 0 aromatic heterocycles. The zero-order chi connectivity index (χ0) is 17.2. The quantitative estimate of drug-likeness (QED) is 0.716. The summed E-state index contributed by atoms with van der Waals surface area (Å²) in [6.07, 6.45) is 1.67. The first-order valence-electron chi connectivity index (χ1n) is 8.40. The molecule has 1 atom stereocenters. The van der Waals surface area contributed by atoms with Crippen molar-refractivity contribution in [2.45, 2.75) is 32.8 Å². The van der Waals surface area contributed by atoms with Crippen LogP contribution in [-0.4, -0.2) is 25.2 Å². The molecule has 1 amide bonds. The van der Waals surface area contributed by atoms with Crippen molar-refractivity contribution in [1.29, 1.82) is 0 Å². The summed E-state index contributed by atoms with van der Waals surface area (Å²) in [5.74, 6) is 1.35. The van der Waals surface area contributed by atoms with Gasteiger partial charge in [-0.05, 0) is 43.2 Å². The maximum absolute atomic E-state index is 12.0. The minimum absolute atomic E-state index is 0.152. The van der Waals surface area contributed by atoms with E-state index >= 15 is 0 Å². The Morgan fingerprint density at radius 3 is 2.42 bits per heavy atom. The van der Waals surface area contributed by atoms with Gasteiger partial charge in [-0.2, -0.15) is 0 Å². The molecule has 0 bridgehead atoms. The first-order valence-corrected chi connectivity index (χ1v) is 8.40. The lowest BCUT2D eigenvalue weighted by Crippen LogP contribution is -2.38. The van der Waals surface area contributed by atoms with Gasteiger partial charge >= 0.3 is 0 Å². The number of benzene rings is 2. The Kier molecular flexibility index (Phi) is 7.15. The van der Waals surface area contributed by atoms with Crippen molar-refractivity contribution in [3.05, 3.63) is 60.2 Å². The van der Waals surface area contributed by atoms with Crippen molar-refractivity contribution in [2.24, 2.45) is 0 Å². The van der Waals surface area contributed by atoms with Gasteiger partial charge in [0.2, 0.25) is 0 Å². The molecule has 0 fully saturated rings. The fraction of sp³-hybridized carbons (Fsp3) is 0.350. The Balaban J connectivity index is 1.66. The summed E-state index contributed by atoms with van der Waals surface area (Å²) in [5, 5.41) is 2.82. The van der Waals surface area contributed by atoms with Gasteiger partial charge in [0.05, 0.1) is 6.54 Å². The minimum Gasteiger partial charge on any atom is -0.492 e. The highest BCUT2D eigenvalue weighted by Gasteiger charge is 2.13. The molecule has 0 spiro atoms. The van der Waals surface area contributed by atoms with Gasteiger partial charge in [0.1, 0.15) is 18.1 Å². The summed E-state index contributed by atoms with van der Waals surface area (Å²) in [5.41, 5.74) is 1.31.